The van der Waals surface area contributed by atoms with Crippen molar-refractivity contribution in [2.75, 3.05) is 13.1 Å². The molecule has 0 aliphatic carbocycles. The van der Waals surface area contributed by atoms with E-state index in [0.29, 0.717) is 25.6 Å². The number of rotatable bonds is 8. The minimum Gasteiger partial charge on any atom is -0.457 e. The highest BCUT2D eigenvalue weighted by molar-refractivity contribution is 5.79. The Morgan fingerprint density at radius 3 is 2.57 bits per heavy atom. The quantitative estimate of drug-likeness (QED) is 0.395. The van der Waals surface area contributed by atoms with Crippen molar-refractivity contribution in [2.45, 2.75) is 26.0 Å². The van der Waals surface area contributed by atoms with Gasteiger partial charge in [-0.25, -0.2) is 4.99 Å². The van der Waals surface area contributed by atoms with E-state index in [1.807, 2.05) is 74.8 Å². The van der Waals surface area contributed by atoms with Crippen LogP contribution in [0.2, 0.25) is 0 Å². The summed E-state index contributed by atoms with van der Waals surface area (Å²) in [6, 6.07) is 17.5. The highest BCUT2D eigenvalue weighted by Crippen LogP contribution is 2.25. The first-order chi connectivity index (χ1) is 14.5. The van der Waals surface area contributed by atoms with Crippen molar-refractivity contribution >= 4 is 5.96 Å². The number of nitrogens with zero attached hydrogens (tertiary/aromatic N) is 3. The topological polar surface area (TPSA) is 83.7 Å². The van der Waals surface area contributed by atoms with Gasteiger partial charge in [0.25, 0.3) is 0 Å². The van der Waals surface area contributed by atoms with Crippen molar-refractivity contribution in [1.29, 1.82) is 0 Å². The van der Waals surface area contributed by atoms with Gasteiger partial charge in [0.2, 0.25) is 0 Å². The number of aromatic nitrogens is 2. The van der Waals surface area contributed by atoms with Crippen molar-refractivity contribution in [1.82, 2.24) is 20.4 Å². The molecule has 1 unspecified atom stereocenters. The van der Waals surface area contributed by atoms with Crippen LogP contribution in [0.25, 0.3) is 0 Å². The van der Waals surface area contributed by atoms with Gasteiger partial charge in [0.15, 0.2) is 5.96 Å². The van der Waals surface area contributed by atoms with Gasteiger partial charge in [-0.3, -0.25) is 4.68 Å². The molecule has 1 atom stereocenters. The van der Waals surface area contributed by atoms with Crippen LogP contribution in [0, 0.1) is 0 Å². The Morgan fingerprint density at radius 1 is 1.13 bits per heavy atom. The maximum Gasteiger partial charge on any atom is 0.191 e. The molecule has 2 aromatic carbocycles. The minimum absolute atomic E-state index is 0.298. The third kappa shape index (κ3) is 5.84. The summed E-state index contributed by atoms with van der Waals surface area (Å²) in [5, 5.41) is 21.4. The molecule has 3 N–H and O–H groups in total. The Morgan fingerprint density at radius 2 is 1.87 bits per heavy atom. The fourth-order valence-corrected chi connectivity index (χ4v) is 2.91. The maximum atomic E-state index is 10.8. The number of aliphatic imine (C=N–C) groups is 1. The van der Waals surface area contributed by atoms with E-state index in [1.54, 1.807) is 17.8 Å². The number of para-hydroxylation sites is 2. The standard InChI is InChI=1S/C23H29N5O2/c1-4-24-22(26-17-23(2,29)19-15-27-28(3)16-19)25-14-18-10-8-9-13-21(18)30-20-11-6-5-7-12-20/h5-13,15-16,29H,4,14,17H2,1-3H3,(H2,24,25,26). The Bertz CT molecular complexity index is 966. The largest absolute Gasteiger partial charge is 0.457 e. The second kappa shape index (κ2) is 9.93. The molecule has 0 aliphatic rings. The molecule has 0 amide bonds. The summed E-state index contributed by atoms with van der Waals surface area (Å²) < 4.78 is 7.69. The molecule has 3 aromatic rings. The van der Waals surface area contributed by atoms with E-state index in [4.69, 9.17) is 4.74 Å². The van der Waals surface area contributed by atoms with Crippen LogP contribution in [0.3, 0.4) is 0 Å². The van der Waals surface area contributed by atoms with E-state index >= 15 is 0 Å². The summed E-state index contributed by atoms with van der Waals surface area (Å²) >= 11 is 0. The van der Waals surface area contributed by atoms with Gasteiger partial charge in [-0.2, -0.15) is 5.10 Å². The van der Waals surface area contributed by atoms with Crippen LogP contribution in [0.15, 0.2) is 72.0 Å². The number of nitrogens with one attached hydrogen (secondary N) is 2. The van der Waals surface area contributed by atoms with Gasteiger partial charge in [0.05, 0.1) is 19.3 Å². The molecule has 7 heteroatoms. The number of hydrogen-bond donors (Lipinski definition) is 3. The van der Waals surface area contributed by atoms with Gasteiger partial charge in [-0.05, 0) is 32.0 Å². The van der Waals surface area contributed by atoms with Crippen LogP contribution in [0.1, 0.15) is 25.0 Å². The van der Waals surface area contributed by atoms with Crippen LogP contribution >= 0.6 is 0 Å². The predicted molar refractivity (Wildman–Crippen MR) is 119 cm³/mol. The van der Waals surface area contributed by atoms with Crippen LogP contribution in [-0.2, 0) is 19.2 Å². The molecule has 0 saturated heterocycles. The van der Waals surface area contributed by atoms with Crippen molar-refractivity contribution in [3.05, 3.63) is 78.1 Å². The number of aryl methyl sites for hydroxylation is 1. The van der Waals surface area contributed by atoms with Gasteiger partial charge in [-0.15, -0.1) is 0 Å². The van der Waals surface area contributed by atoms with E-state index in [1.165, 1.54) is 0 Å². The first kappa shape index (κ1) is 21.4. The zero-order valence-corrected chi connectivity index (χ0v) is 17.7. The van der Waals surface area contributed by atoms with Crippen molar-refractivity contribution < 1.29 is 9.84 Å². The van der Waals surface area contributed by atoms with Crippen LogP contribution < -0.4 is 15.4 Å². The number of aliphatic hydroxyl groups is 1. The fraction of sp³-hybridized carbons (Fsp3) is 0.304. The normalized spacial score (nSPS) is 13.5. The summed E-state index contributed by atoms with van der Waals surface area (Å²) in [5.41, 5.74) is 0.645. The molecule has 0 spiro atoms. The molecule has 3 rings (SSSR count). The van der Waals surface area contributed by atoms with Crippen molar-refractivity contribution in [3.8, 4) is 11.5 Å². The smallest absolute Gasteiger partial charge is 0.191 e. The lowest BCUT2D eigenvalue weighted by molar-refractivity contribution is 0.0616. The summed E-state index contributed by atoms with van der Waals surface area (Å²) in [4.78, 5) is 4.67. The second-order valence-electron chi connectivity index (χ2n) is 7.25. The summed E-state index contributed by atoms with van der Waals surface area (Å²) in [5.74, 6) is 2.17. The van der Waals surface area contributed by atoms with Crippen LogP contribution in [-0.4, -0.2) is 33.9 Å². The summed E-state index contributed by atoms with van der Waals surface area (Å²) in [6.07, 6.45) is 3.48. The van der Waals surface area contributed by atoms with Gasteiger partial charge >= 0.3 is 0 Å². The van der Waals surface area contributed by atoms with Gasteiger partial charge in [-0.1, -0.05) is 36.4 Å². The van der Waals surface area contributed by atoms with Crippen LogP contribution in [0.5, 0.6) is 11.5 Å². The molecule has 0 radical (unpaired) electrons. The third-order valence-electron chi connectivity index (χ3n) is 4.62. The zero-order chi connectivity index (χ0) is 21.4. The third-order valence-corrected chi connectivity index (χ3v) is 4.62. The first-order valence-electron chi connectivity index (χ1n) is 10.0. The summed E-state index contributed by atoms with van der Waals surface area (Å²) in [6.45, 7) is 5.20. The highest BCUT2D eigenvalue weighted by Gasteiger charge is 2.25. The van der Waals surface area contributed by atoms with Crippen molar-refractivity contribution in [3.63, 3.8) is 0 Å². The lowest BCUT2D eigenvalue weighted by atomic mass is 10.00. The monoisotopic (exact) mass is 407 g/mol. The van der Waals surface area contributed by atoms with Gasteiger partial charge in [0.1, 0.15) is 17.1 Å². The Hall–Kier alpha value is -3.32. The maximum absolute atomic E-state index is 10.8. The highest BCUT2D eigenvalue weighted by atomic mass is 16.5. The molecule has 1 heterocycles. The predicted octanol–water partition coefficient (Wildman–Crippen LogP) is 3.18. The lowest BCUT2D eigenvalue weighted by Crippen LogP contribution is -2.44. The fourth-order valence-electron chi connectivity index (χ4n) is 2.91. The van der Waals surface area contributed by atoms with E-state index in [9.17, 15) is 5.11 Å². The van der Waals surface area contributed by atoms with Gasteiger partial charge in [0, 0.05) is 30.9 Å². The van der Waals surface area contributed by atoms with Crippen molar-refractivity contribution in [2.24, 2.45) is 12.0 Å². The SMILES string of the molecule is CCNC(=NCc1ccccc1Oc1ccccc1)NCC(C)(O)c1cnn(C)c1. The molecule has 30 heavy (non-hydrogen) atoms. The average Bonchev–Trinajstić information content (AvgIpc) is 3.19. The molecule has 1 aromatic heterocycles. The molecular weight excluding hydrogens is 378 g/mol. The Kier molecular flexibility index (Phi) is 7.08. The van der Waals surface area contributed by atoms with E-state index in [2.05, 4.69) is 20.7 Å². The summed E-state index contributed by atoms with van der Waals surface area (Å²) in [7, 11) is 1.83. The zero-order valence-electron chi connectivity index (χ0n) is 17.7. The number of ether oxygens (including phenoxy) is 1. The number of benzene rings is 2. The lowest BCUT2D eigenvalue weighted by Gasteiger charge is -2.23. The molecule has 158 valence electrons. The Labute approximate surface area is 177 Å². The number of hydrogen-bond acceptors (Lipinski definition) is 4. The van der Waals surface area contributed by atoms with E-state index in [-0.39, 0.29) is 0 Å². The van der Waals surface area contributed by atoms with Crippen LogP contribution in [0.4, 0.5) is 0 Å². The van der Waals surface area contributed by atoms with E-state index < -0.39 is 5.60 Å². The second-order valence-corrected chi connectivity index (χ2v) is 7.25. The Balaban J connectivity index is 1.69. The average molecular weight is 408 g/mol. The molecular formula is C23H29N5O2. The molecule has 0 bridgehead atoms. The molecule has 7 nitrogen and oxygen atoms in total. The minimum atomic E-state index is -1.07. The first-order valence-corrected chi connectivity index (χ1v) is 10.0. The molecule has 0 fully saturated rings. The molecule has 0 aliphatic heterocycles. The van der Waals surface area contributed by atoms with E-state index in [0.717, 1.165) is 22.6 Å². The number of guanidine groups is 1. The van der Waals surface area contributed by atoms with Gasteiger partial charge < -0.3 is 20.5 Å². The molecule has 0 saturated carbocycles.